The second-order valence-corrected chi connectivity index (χ2v) is 9.39. The molecule has 4 rings (SSSR count). The van der Waals surface area contributed by atoms with Gasteiger partial charge >= 0.3 is 0 Å². The molecule has 0 saturated carbocycles. The van der Waals surface area contributed by atoms with E-state index in [2.05, 4.69) is 25.2 Å². The molecule has 0 fully saturated rings. The monoisotopic (exact) mass is 483 g/mol. The number of ether oxygens (including phenoxy) is 1. The fourth-order valence-corrected chi connectivity index (χ4v) is 4.68. The molecule has 1 aliphatic rings. The molecule has 1 unspecified atom stereocenters. The van der Waals surface area contributed by atoms with E-state index in [0.29, 0.717) is 34.3 Å². The number of hydrogen-bond acceptors (Lipinski definition) is 6. The zero-order chi connectivity index (χ0) is 22.0. The van der Waals surface area contributed by atoms with Gasteiger partial charge in [0, 0.05) is 18.1 Å². The number of carbonyl (C=O) groups is 1. The molecule has 3 aromatic rings. The van der Waals surface area contributed by atoms with Crippen LogP contribution in [0.3, 0.4) is 0 Å². The van der Waals surface area contributed by atoms with Crippen molar-refractivity contribution in [2.75, 3.05) is 16.6 Å². The number of sulfonamides is 1. The van der Waals surface area contributed by atoms with Gasteiger partial charge in [0.1, 0.15) is 12.1 Å². The van der Waals surface area contributed by atoms with Crippen molar-refractivity contribution in [3.05, 3.63) is 58.3 Å². The number of aromatic nitrogens is 3. The van der Waals surface area contributed by atoms with Crippen molar-refractivity contribution in [3.8, 4) is 5.75 Å². The average Bonchev–Trinajstić information content (AvgIpc) is 3.22. The first kappa shape index (κ1) is 21.4. The average molecular weight is 484 g/mol. The topological polar surface area (TPSA) is 126 Å². The minimum Gasteiger partial charge on any atom is -0.492 e. The maximum atomic E-state index is 12.6. The number of rotatable bonds is 7. The summed E-state index contributed by atoms with van der Waals surface area (Å²) in [6.07, 6.45) is 2.01. The van der Waals surface area contributed by atoms with Gasteiger partial charge in [-0.3, -0.25) is 4.79 Å². The molecule has 1 amide bonds. The summed E-state index contributed by atoms with van der Waals surface area (Å²) in [4.78, 5) is 16.3. The highest BCUT2D eigenvalue weighted by Crippen LogP contribution is 2.31. The third-order valence-corrected chi connectivity index (χ3v) is 6.61. The van der Waals surface area contributed by atoms with Crippen molar-refractivity contribution in [2.45, 2.75) is 17.7 Å². The van der Waals surface area contributed by atoms with Crippen LogP contribution in [0.4, 0.5) is 11.6 Å². The Balaban J connectivity index is 0.00000289. The Morgan fingerprint density at radius 3 is 2.81 bits per heavy atom. The van der Waals surface area contributed by atoms with Crippen molar-refractivity contribution >= 4 is 50.8 Å². The Morgan fingerprint density at radius 1 is 1.23 bits per heavy atom. The highest BCUT2D eigenvalue weighted by molar-refractivity contribution is 7.92. The number of aromatic amines is 1. The second kappa shape index (κ2) is 8.74. The van der Waals surface area contributed by atoms with Crippen LogP contribution in [0.1, 0.15) is 13.4 Å². The summed E-state index contributed by atoms with van der Waals surface area (Å²) in [7, 11) is -3.86. The smallest absolute Gasteiger partial charge is 0.264 e. The lowest BCUT2D eigenvalue weighted by Crippen LogP contribution is -2.31. The first-order valence-electron chi connectivity index (χ1n) is 9.21. The van der Waals surface area contributed by atoms with Gasteiger partial charge in [-0.05, 0) is 54.8 Å². The molecule has 2 aromatic carbocycles. The minimum atomic E-state index is -3.86. The number of carbonyl (C=O) groups excluding carboxylic acids is 1. The van der Waals surface area contributed by atoms with E-state index in [0.717, 1.165) is 5.56 Å². The summed E-state index contributed by atoms with van der Waals surface area (Å²) < 4.78 is 33.2. The van der Waals surface area contributed by atoms with Gasteiger partial charge in [-0.2, -0.15) is 10.1 Å². The summed E-state index contributed by atoms with van der Waals surface area (Å²) in [6, 6.07) is 9.45. The van der Waals surface area contributed by atoms with E-state index in [9.17, 15) is 13.2 Å². The summed E-state index contributed by atoms with van der Waals surface area (Å²) in [5.41, 5.74) is 1.30. The Bertz CT molecular complexity index is 1220. The highest BCUT2D eigenvalue weighted by atomic mass is 35.5. The number of benzene rings is 2. The third-order valence-electron chi connectivity index (χ3n) is 4.75. The minimum absolute atomic E-state index is 0. The number of H-pyrrole nitrogens is 1. The van der Waals surface area contributed by atoms with E-state index < -0.39 is 10.0 Å². The Kier molecular flexibility index (Phi) is 6.03. The van der Waals surface area contributed by atoms with Crippen LogP contribution in [0, 0.1) is 5.92 Å². The molecule has 1 aromatic heterocycles. The molecule has 3 N–H and O–H groups in total. The van der Waals surface area contributed by atoms with Crippen LogP contribution in [0.25, 0.3) is 0 Å². The number of halogens is 2. The van der Waals surface area contributed by atoms with Crippen LogP contribution in [0.5, 0.6) is 5.75 Å². The van der Waals surface area contributed by atoms with Crippen molar-refractivity contribution in [2.24, 2.45) is 5.92 Å². The lowest BCUT2D eigenvalue weighted by Gasteiger charge is -2.25. The lowest BCUT2D eigenvalue weighted by atomic mass is 9.91. The molecule has 0 saturated heterocycles. The van der Waals surface area contributed by atoms with Crippen molar-refractivity contribution in [3.63, 3.8) is 0 Å². The molecule has 31 heavy (non-hydrogen) atoms. The van der Waals surface area contributed by atoms with Gasteiger partial charge in [0.05, 0.1) is 16.5 Å². The number of nitrogens with one attached hydrogen (secondary N) is 3. The van der Waals surface area contributed by atoms with Crippen LogP contribution in [0.15, 0.2) is 47.6 Å². The van der Waals surface area contributed by atoms with Crippen molar-refractivity contribution < 1.29 is 19.4 Å². The maximum absolute atomic E-state index is 12.6. The van der Waals surface area contributed by atoms with Gasteiger partial charge < -0.3 is 10.1 Å². The molecule has 2 heterocycles. The van der Waals surface area contributed by atoms with Crippen molar-refractivity contribution in [1.82, 2.24) is 15.2 Å². The van der Waals surface area contributed by atoms with E-state index in [1.807, 2.05) is 0 Å². The second-order valence-electron chi connectivity index (χ2n) is 6.86. The Hall–Kier alpha value is -2.82. The van der Waals surface area contributed by atoms with E-state index in [1.165, 1.54) is 18.5 Å². The summed E-state index contributed by atoms with van der Waals surface area (Å²) in [6.45, 7) is 0.264. The Morgan fingerprint density at radius 2 is 2.06 bits per heavy atom. The van der Waals surface area contributed by atoms with Crippen LogP contribution < -0.4 is 14.8 Å². The number of nitrogens with zero attached hydrogens (tertiary/aromatic N) is 2. The molecule has 0 radical (unpaired) electrons. The number of anilines is 2. The molecule has 164 valence electrons. The molecule has 0 aliphatic carbocycles. The molecular formula is C19H19Cl2N5O4S. The molecule has 9 nitrogen and oxygen atoms in total. The van der Waals surface area contributed by atoms with Crippen LogP contribution in [-0.4, -0.2) is 36.1 Å². The van der Waals surface area contributed by atoms with Gasteiger partial charge in [-0.15, -0.1) is 0 Å². The maximum Gasteiger partial charge on any atom is 0.264 e. The highest BCUT2D eigenvalue weighted by Gasteiger charge is 2.28. The lowest BCUT2D eigenvalue weighted by molar-refractivity contribution is -0.120. The van der Waals surface area contributed by atoms with Crippen LogP contribution >= 0.6 is 23.2 Å². The summed E-state index contributed by atoms with van der Waals surface area (Å²) in [5, 5.41) is 9.77. The van der Waals surface area contributed by atoms with Gasteiger partial charge in [-0.25, -0.2) is 18.2 Å². The third kappa shape index (κ3) is 4.92. The quantitative estimate of drug-likeness (QED) is 0.469. The summed E-state index contributed by atoms with van der Waals surface area (Å²) in [5.74, 6) is -0.0241. The molecular weight excluding hydrogens is 465 g/mol. The first-order chi connectivity index (χ1) is 14.8. The number of fused-ring (bicyclic) bond motifs is 1. The van der Waals surface area contributed by atoms with Crippen LogP contribution in [0.2, 0.25) is 10.0 Å². The van der Waals surface area contributed by atoms with Gasteiger partial charge in [0.2, 0.25) is 11.9 Å². The van der Waals surface area contributed by atoms with Crippen LogP contribution in [-0.2, 0) is 21.2 Å². The first-order valence-corrected chi connectivity index (χ1v) is 11.5. The van der Waals surface area contributed by atoms with Crippen molar-refractivity contribution in [1.29, 1.82) is 0 Å². The van der Waals surface area contributed by atoms with E-state index >= 15 is 0 Å². The SMILES string of the molecule is O=C1Nc2ccc(S(=O)(=O)Nc3ncn[nH]3)cc2CC1CCOc1ccc(Cl)cc1Cl.[HH]. The van der Waals surface area contributed by atoms with Gasteiger partial charge in [0.25, 0.3) is 10.0 Å². The van der Waals surface area contributed by atoms with E-state index in [1.54, 1.807) is 24.3 Å². The fraction of sp³-hybridized carbons (Fsp3) is 0.211. The molecule has 1 atom stereocenters. The molecule has 12 heteroatoms. The molecule has 0 spiro atoms. The molecule has 1 aliphatic heterocycles. The summed E-state index contributed by atoms with van der Waals surface area (Å²) >= 11 is 12.0. The largest absolute Gasteiger partial charge is 0.492 e. The van der Waals surface area contributed by atoms with Gasteiger partial charge in [0.15, 0.2) is 0 Å². The normalized spacial score (nSPS) is 15.8. The number of amides is 1. The predicted molar refractivity (Wildman–Crippen MR) is 118 cm³/mol. The zero-order valence-electron chi connectivity index (χ0n) is 15.9. The van der Waals surface area contributed by atoms with Gasteiger partial charge in [-0.1, -0.05) is 23.2 Å². The number of hydrogen-bond donors (Lipinski definition) is 3. The Labute approximate surface area is 189 Å². The molecule has 0 bridgehead atoms. The standard InChI is InChI=1S/C19H17Cl2N5O4S.H2/c20-13-1-4-17(15(21)9-13)30-6-5-11-7-12-8-14(2-3-16(12)24-18(11)27)31(28,29)26-19-22-10-23-25-19;/h1-4,8-11H,5-7H2,(H,24,27)(H2,22,23,25,26);1H. The fourth-order valence-electron chi connectivity index (χ4n) is 3.20. The predicted octanol–water partition coefficient (Wildman–Crippen LogP) is 3.74. The van der Waals surface area contributed by atoms with E-state index in [-0.39, 0.29) is 30.7 Å². The van der Waals surface area contributed by atoms with E-state index in [4.69, 9.17) is 27.9 Å². The zero-order valence-corrected chi connectivity index (χ0v) is 18.3.